The van der Waals surface area contributed by atoms with E-state index in [-0.39, 0.29) is 23.5 Å². The Labute approximate surface area is 146 Å². The first-order chi connectivity index (χ1) is 12.3. The van der Waals surface area contributed by atoms with Crippen LogP contribution >= 0.6 is 0 Å². The van der Waals surface area contributed by atoms with Crippen molar-refractivity contribution in [2.24, 2.45) is 0 Å². The molecule has 0 unspecified atom stereocenters. The van der Waals surface area contributed by atoms with Crippen LogP contribution in [0.2, 0.25) is 0 Å². The number of H-pyrrole nitrogens is 1. The lowest BCUT2D eigenvalue weighted by atomic mass is 9.80. The van der Waals surface area contributed by atoms with Gasteiger partial charge in [-0.3, -0.25) is 9.89 Å². The Morgan fingerprint density at radius 3 is 2.73 bits per heavy atom. The van der Waals surface area contributed by atoms with E-state index in [1.807, 2.05) is 0 Å². The van der Waals surface area contributed by atoms with E-state index in [0.717, 1.165) is 25.3 Å². The SMILES string of the molecule is Cc1ccc(Cc2c(C3CCC3)nc3nc[nH]n3c2=O)cc1C(F)(F)F. The fraction of sp³-hybridized carbons (Fsp3) is 0.389. The minimum absolute atomic E-state index is 0.114. The van der Waals surface area contributed by atoms with Crippen LogP contribution in [0.4, 0.5) is 13.2 Å². The molecule has 0 spiro atoms. The summed E-state index contributed by atoms with van der Waals surface area (Å²) in [7, 11) is 0. The van der Waals surface area contributed by atoms with E-state index >= 15 is 0 Å². The number of hydrogen-bond acceptors (Lipinski definition) is 3. The Hall–Kier alpha value is -2.64. The van der Waals surface area contributed by atoms with Gasteiger partial charge in [0.2, 0.25) is 0 Å². The molecule has 1 N–H and O–H groups in total. The van der Waals surface area contributed by atoms with Gasteiger partial charge in [0.1, 0.15) is 6.33 Å². The van der Waals surface area contributed by atoms with Crippen molar-refractivity contribution in [2.75, 3.05) is 0 Å². The van der Waals surface area contributed by atoms with Gasteiger partial charge in [-0.1, -0.05) is 18.6 Å². The lowest BCUT2D eigenvalue weighted by Gasteiger charge is -2.26. The lowest BCUT2D eigenvalue weighted by molar-refractivity contribution is -0.138. The first kappa shape index (κ1) is 16.8. The van der Waals surface area contributed by atoms with Crippen molar-refractivity contribution in [2.45, 2.75) is 44.7 Å². The number of fused-ring (bicyclic) bond motifs is 1. The summed E-state index contributed by atoms with van der Waals surface area (Å²) in [5.74, 6) is 0.465. The number of benzene rings is 1. The normalized spacial score (nSPS) is 15.4. The molecule has 3 aromatic rings. The molecule has 26 heavy (non-hydrogen) atoms. The van der Waals surface area contributed by atoms with Gasteiger partial charge in [0, 0.05) is 17.9 Å². The third kappa shape index (κ3) is 2.79. The van der Waals surface area contributed by atoms with Crippen LogP contribution in [0.15, 0.2) is 29.3 Å². The Kier molecular flexibility index (Phi) is 3.86. The summed E-state index contributed by atoms with van der Waals surface area (Å²) >= 11 is 0. The van der Waals surface area contributed by atoms with E-state index in [1.165, 1.54) is 23.8 Å². The number of aromatic nitrogens is 4. The van der Waals surface area contributed by atoms with Crippen LogP contribution in [0.25, 0.3) is 5.78 Å². The quantitative estimate of drug-likeness (QED) is 0.774. The number of nitrogens with zero attached hydrogens (tertiary/aromatic N) is 3. The molecule has 1 saturated carbocycles. The zero-order valence-corrected chi connectivity index (χ0v) is 14.1. The Bertz CT molecular complexity index is 1030. The standard InChI is InChI=1S/C18H17F3N4O/c1-10-5-6-11(8-14(10)18(19,20)21)7-13-15(12-3-2-4-12)24-17-22-9-23-25(17)16(13)26/h5-6,8-9,12H,2-4,7H2,1H3,(H,22,23,24). The summed E-state index contributed by atoms with van der Waals surface area (Å²) in [6.45, 7) is 1.43. The number of alkyl halides is 3. The Morgan fingerprint density at radius 1 is 1.31 bits per heavy atom. The summed E-state index contributed by atoms with van der Waals surface area (Å²) in [4.78, 5) is 21.4. The summed E-state index contributed by atoms with van der Waals surface area (Å²) in [6, 6.07) is 4.21. The van der Waals surface area contributed by atoms with E-state index in [4.69, 9.17) is 0 Å². The largest absolute Gasteiger partial charge is 0.416 e. The molecule has 136 valence electrons. The van der Waals surface area contributed by atoms with Crippen LogP contribution in [-0.4, -0.2) is 19.6 Å². The number of hydrogen-bond donors (Lipinski definition) is 1. The summed E-state index contributed by atoms with van der Waals surface area (Å²) in [6.07, 6.45) is 0.00412. The highest BCUT2D eigenvalue weighted by molar-refractivity contribution is 5.39. The van der Waals surface area contributed by atoms with Crippen LogP contribution in [0.5, 0.6) is 0 Å². The van der Waals surface area contributed by atoms with Crippen LogP contribution in [0.3, 0.4) is 0 Å². The van der Waals surface area contributed by atoms with Gasteiger partial charge < -0.3 is 0 Å². The van der Waals surface area contributed by atoms with Gasteiger partial charge in [0.05, 0.1) is 11.3 Å². The molecule has 0 aliphatic heterocycles. The van der Waals surface area contributed by atoms with Crippen LogP contribution in [0, 0.1) is 6.92 Å². The third-order valence-corrected chi connectivity index (χ3v) is 5.04. The second-order valence-corrected chi connectivity index (χ2v) is 6.76. The van der Waals surface area contributed by atoms with Crippen molar-refractivity contribution in [3.8, 4) is 0 Å². The van der Waals surface area contributed by atoms with Gasteiger partial charge in [-0.25, -0.2) is 9.97 Å². The monoisotopic (exact) mass is 362 g/mol. The molecule has 1 fully saturated rings. The number of rotatable bonds is 3. The highest BCUT2D eigenvalue weighted by atomic mass is 19.4. The van der Waals surface area contributed by atoms with Gasteiger partial charge in [0.25, 0.3) is 11.3 Å². The maximum Gasteiger partial charge on any atom is 0.416 e. The first-order valence-corrected chi connectivity index (χ1v) is 8.46. The number of nitrogens with one attached hydrogen (secondary N) is 1. The summed E-state index contributed by atoms with van der Waals surface area (Å²) < 4.78 is 40.8. The fourth-order valence-corrected chi connectivity index (χ4v) is 3.38. The Morgan fingerprint density at radius 2 is 2.08 bits per heavy atom. The predicted molar refractivity (Wildman–Crippen MR) is 89.2 cm³/mol. The van der Waals surface area contributed by atoms with Crippen LogP contribution < -0.4 is 5.56 Å². The summed E-state index contributed by atoms with van der Waals surface area (Å²) in [5.41, 5.74) is 0.747. The van der Waals surface area contributed by atoms with Gasteiger partial charge in [-0.05, 0) is 37.0 Å². The molecule has 2 aromatic heterocycles. The molecule has 0 radical (unpaired) electrons. The molecule has 5 nitrogen and oxygen atoms in total. The average molecular weight is 362 g/mol. The second-order valence-electron chi connectivity index (χ2n) is 6.76. The molecule has 0 atom stereocenters. The second kappa shape index (κ2) is 5.96. The molecule has 1 aliphatic carbocycles. The highest BCUT2D eigenvalue weighted by Gasteiger charge is 2.33. The van der Waals surface area contributed by atoms with Crippen molar-refractivity contribution in [3.05, 3.63) is 62.8 Å². The maximum atomic E-state index is 13.2. The molecular weight excluding hydrogens is 345 g/mol. The molecule has 1 aromatic carbocycles. The maximum absolute atomic E-state index is 13.2. The minimum atomic E-state index is -4.42. The smallest absolute Gasteiger partial charge is 0.278 e. The highest BCUT2D eigenvalue weighted by Crippen LogP contribution is 2.37. The van der Waals surface area contributed by atoms with Crippen molar-refractivity contribution in [3.63, 3.8) is 0 Å². The van der Waals surface area contributed by atoms with Gasteiger partial charge in [-0.15, -0.1) is 0 Å². The molecule has 0 saturated heterocycles. The fourth-order valence-electron chi connectivity index (χ4n) is 3.38. The minimum Gasteiger partial charge on any atom is -0.278 e. The van der Waals surface area contributed by atoms with Crippen LogP contribution in [-0.2, 0) is 12.6 Å². The molecule has 8 heteroatoms. The third-order valence-electron chi connectivity index (χ3n) is 5.04. The average Bonchev–Trinajstić information content (AvgIpc) is 2.98. The Balaban J connectivity index is 1.82. The lowest BCUT2D eigenvalue weighted by Crippen LogP contribution is -2.26. The molecule has 0 bridgehead atoms. The van der Waals surface area contributed by atoms with E-state index in [2.05, 4.69) is 15.1 Å². The van der Waals surface area contributed by atoms with Gasteiger partial charge >= 0.3 is 6.18 Å². The van der Waals surface area contributed by atoms with E-state index < -0.39 is 11.7 Å². The molecule has 0 amide bonds. The molecule has 4 rings (SSSR count). The summed E-state index contributed by atoms with van der Waals surface area (Å²) in [5, 5.41) is 2.71. The number of aryl methyl sites for hydroxylation is 1. The first-order valence-electron chi connectivity index (χ1n) is 8.46. The number of halogens is 3. The topological polar surface area (TPSA) is 63.1 Å². The molecular formula is C18H17F3N4O. The predicted octanol–water partition coefficient (Wildman–Crippen LogP) is 3.60. The van der Waals surface area contributed by atoms with Gasteiger partial charge in [-0.2, -0.15) is 17.7 Å². The van der Waals surface area contributed by atoms with E-state index in [0.29, 0.717) is 22.6 Å². The zero-order chi connectivity index (χ0) is 18.5. The van der Waals surface area contributed by atoms with Crippen molar-refractivity contribution in [1.82, 2.24) is 19.6 Å². The van der Waals surface area contributed by atoms with E-state index in [1.54, 1.807) is 6.07 Å². The van der Waals surface area contributed by atoms with Crippen LogP contribution in [0.1, 0.15) is 53.1 Å². The zero-order valence-electron chi connectivity index (χ0n) is 14.1. The van der Waals surface area contributed by atoms with Crippen molar-refractivity contribution < 1.29 is 13.2 Å². The van der Waals surface area contributed by atoms with Crippen molar-refractivity contribution >= 4 is 5.78 Å². The molecule has 1 aliphatic rings. The number of aromatic amines is 1. The molecule has 2 heterocycles. The van der Waals surface area contributed by atoms with Crippen molar-refractivity contribution in [1.29, 1.82) is 0 Å². The van der Waals surface area contributed by atoms with Gasteiger partial charge in [0.15, 0.2) is 0 Å². The van der Waals surface area contributed by atoms with E-state index in [9.17, 15) is 18.0 Å².